The van der Waals surface area contributed by atoms with Crippen LogP contribution in [0.4, 0.5) is 11.4 Å². The van der Waals surface area contributed by atoms with Crippen molar-refractivity contribution in [1.29, 1.82) is 0 Å². The molecule has 2 aliphatic carbocycles. The van der Waals surface area contributed by atoms with Gasteiger partial charge in [0.05, 0.1) is 5.52 Å². The summed E-state index contributed by atoms with van der Waals surface area (Å²) < 4.78 is 9.14. The summed E-state index contributed by atoms with van der Waals surface area (Å²) in [5.41, 5.74) is 24.4. The second-order valence-electron chi connectivity index (χ2n) is 20.1. The minimum absolute atomic E-state index is 0.0727. The van der Waals surface area contributed by atoms with E-state index >= 15 is 0 Å². The first-order chi connectivity index (χ1) is 29.9. The second kappa shape index (κ2) is 12.0. The highest BCUT2D eigenvalue weighted by atomic mass is 16.3. The van der Waals surface area contributed by atoms with E-state index in [1.54, 1.807) is 0 Å². The molecule has 0 saturated carbocycles. The molecular formula is C58H46BN2O. The highest BCUT2D eigenvalue weighted by molar-refractivity contribution is 6.73. The molecule has 0 spiro atoms. The number of aromatic nitrogens is 1. The normalized spacial score (nSPS) is 15.1. The Kier molecular flexibility index (Phi) is 6.94. The second-order valence-corrected chi connectivity index (χ2v) is 20.1. The van der Waals surface area contributed by atoms with Gasteiger partial charge in [-0.15, -0.1) is 0 Å². The molecule has 0 unspecified atom stereocenters. The molecule has 10 aromatic rings. The van der Waals surface area contributed by atoms with Crippen LogP contribution < -0.4 is 16.2 Å². The van der Waals surface area contributed by atoms with E-state index in [-0.39, 0.29) is 16.2 Å². The Balaban J connectivity index is 1.11. The summed E-state index contributed by atoms with van der Waals surface area (Å²) in [6, 6.07) is 54.7. The molecule has 1 aliphatic heterocycles. The van der Waals surface area contributed by atoms with Gasteiger partial charge in [-0.3, -0.25) is 0 Å². The van der Waals surface area contributed by atoms with Crippen LogP contribution in [0.5, 0.6) is 0 Å². The Hall–Kier alpha value is -6.78. The molecule has 0 amide bonds. The van der Waals surface area contributed by atoms with Crippen molar-refractivity contribution in [3.05, 3.63) is 173 Å². The number of furan rings is 1. The van der Waals surface area contributed by atoms with Crippen molar-refractivity contribution >= 4 is 73.3 Å². The molecule has 0 saturated heterocycles. The van der Waals surface area contributed by atoms with Gasteiger partial charge in [-0.25, -0.2) is 0 Å². The first-order valence-electron chi connectivity index (χ1n) is 22.1. The van der Waals surface area contributed by atoms with Gasteiger partial charge in [-0.05, 0) is 109 Å². The minimum Gasteiger partial charge on any atom is -0.456 e. The lowest BCUT2D eigenvalue weighted by Crippen LogP contribution is -2.37. The molecule has 2 aromatic heterocycles. The van der Waals surface area contributed by atoms with Crippen LogP contribution in [0.2, 0.25) is 0 Å². The molecule has 3 heterocycles. The number of hydrogen-bond acceptors (Lipinski definition) is 2. The predicted molar refractivity (Wildman–Crippen MR) is 262 cm³/mol. The average Bonchev–Trinajstić information content (AvgIpc) is 3.93. The molecule has 62 heavy (non-hydrogen) atoms. The SMILES string of the molecule is CC(C)(C)c1ccc(Nc2cc3c(cc2-c2ccc4c5cc6c(cc5n5c4c2[B]c2cc4c(cc2-5)C(C)(C)c2ccccc2-4)oc2ccccc26)-c2ccccc2C3(C)C)cc1. The summed E-state index contributed by atoms with van der Waals surface area (Å²) in [6.07, 6.45) is 0. The fraction of sp³-hybridized carbons (Fsp3) is 0.172. The number of para-hydroxylation sites is 1. The molecule has 0 bridgehead atoms. The van der Waals surface area contributed by atoms with E-state index in [4.69, 9.17) is 4.42 Å². The highest BCUT2D eigenvalue weighted by Crippen LogP contribution is 2.53. The zero-order chi connectivity index (χ0) is 42.0. The lowest BCUT2D eigenvalue weighted by atomic mass is 9.58. The maximum atomic E-state index is 6.59. The van der Waals surface area contributed by atoms with Gasteiger partial charge < -0.3 is 14.3 Å². The third kappa shape index (κ3) is 4.73. The quantitative estimate of drug-likeness (QED) is 0.181. The van der Waals surface area contributed by atoms with E-state index in [0.717, 1.165) is 38.8 Å². The van der Waals surface area contributed by atoms with Crippen molar-refractivity contribution in [1.82, 2.24) is 4.57 Å². The van der Waals surface area contributed by atoms with Crippen molar-refractivity contribution in [3.8, 4) is 39.1 Å². The van der Waals surface area contributed by atoms with Crippen LogP contribution in [0.1, 0.15) is 76.3 Å². The molecule has 297 valence electrons. The summed E-state index contributed by atoms with van der Waals surface area (Å²) in [6.45, 7) is 16.3. The maximum absolute atomic E-state index is 6.59. The Morgan fingerprint density at radius 2 is 1.18 bits per heavy atom. The Bertz CT molecular complexity index is 3610. The first kappa shape index (κ1) is 35.9. The van der Waals surface area contributed by atoms with E-state index in [1.807, 2.05) is 0 Å². The molecular weight excluding hydrogens is 751 g/mol. The standard InChI is InChI=1S/C58H46BN2O/c1-56(2,3)32-20-22-33(23-21-32)60-49-29-46-39(34-14-8-11-17-44(34)57(46,4)5)26-41(49)37-24-25-38-42-27-43-36-16-10-13-19-52(36)62-53(43)31-50(42)61-51-30-47-40(28-48(51)59-54(37)55(38)61)35-15-9-12-18-45(35)58(47,6)7/h8-31,60H,1-7H3. The molecule has 13 rings (SSSR count). The van der Waals surface area contributed by atoms with Gasteiger partial charge >= 0.3 is 0 Å². The number of nitrogens with zero attached hydrogens (tertiary/aromatic N) is 1. The van der Waals surface area contributed by atoms with Gasteiger partial charge in [-0.2, -0.15) is 0 Å². The van der Waals surface area contributed by atoms with Crippen molar-refractivity contribution in [3.63, 3.8) is 0 Å². The number of anilines is 2. The summed E-state index contributed by atoms with van der Waals surface area (Å²) >= 11 is 0. The van der Waals surface area contributed by atoms with E-state index in [2.05, 4.69) is 211 Å². The molecule has 1 radical (unpaired) electrons. The molecule has 0 fully saturated rings. The molecule has 4 heteroatoms. The number of hydrogen-bond donors (Lipinski definition) is 1. The smallest absolute Gasteiger partial charge is 0.197 e. The zero-order valence-electron chi connectivity index (χ0n) is 36.3. The van der Waals surface area contributed by atoms with Crippen LogP contribution in [0.15, 0.2) is 150 Å². The minimum atomic E-state index is -0.141. The molecule has 3 nitrogen and oxygen atoms in total. The molecule has 3 aliphatic rings. The van der Waals surface area contributed by atoms with Crippen molar-refractivity contribution in [2.75, 3.05) is 5.32 Å². The molecule has 8 aromatic carbocycles. The number of nitrogens with one attached hydrogen (secondary N) is 1. The van der Waals surface area contributed by atoms with Gasteiger partial charge in [-0.1, -0.05) is 151 Å². The number of rotatable bonds is 3. The highest BCUT2D eigenvalue weighted by Gasteiger charge is 2.39. The fourth-order valence-electron chi connectivity index (χ4n) is 11.5. The van der Waals surface area contributed by atoms with Crippen molar-refractivity contribution in [2.45, 2.75) is 64.7 Å². The van der Waals surface area contributed by atoms with Crippen LogP contribution in [-0.4, -0.2) is 11.8 Å². The van der Waals surface area contributed by atoms with E-state index in [0.29, 0.717) is 0 Å². The van der Waals surface area contributed by atoms with Crippen LogP contribution in [0.3, 0.4) is 0 Å². The van der Waals surface area contributed by atoms with Crippen LogP contribution in [0, 0.1) is 0 Å². The van der Waals surface area contributed by atoms with Crippen molar-refractivity contribution in [2.24, 2.45) is 0 Å². The van der Waals surface area contributed by atoms with E-state index in [1.165, 1.54) is 94.1 Å². The van der Waals surface area contributed by atoms with Crippen LogP contribution in [-0.2, 0) is 16.2 Å². The van der Waals surface area contributed by atoms with E-state index in [9.17, 15) is 0 Å². The van der Waals surface area contributed by atoms with Crippen LogP contribution >= 0.6 is 0 Å². The van der Waals surface area contributed by atoms with E-state index < -0.39 is 0 Å². The topological polar surface area (TPSA) is 30.1 Å². The summed E-state index contributed by atoms with van der Waals surface area (Å²) in [7, 11) is 2.48. The summed E-state index contributed by atoms with van der Waals surface area (Å²) in [4.78, 5) is 0. The molecule has 0 atom stereocenters. The largest absolute Gasteiger partial charge is 0.456 e. The Morgan fingerprint density at radius 1 is 0.516 bits per heavy atom. The van der Waals surface area contributed by atoms with Gasteiger partial charge in [0.1, 0.15) is 11.2 Å². The Labute approximate surface area is 363 Å². The number of fused-ring (bicyclic) bond motifs is 14. The Morgan fingerprint density at radius 3 is 1.90 bits per heavy atom. The maximum Gasteiger partial charge on any atom is 0.197 e. The zero-order valence-corrected chi connectivity index (χ0v) is 36.3. The first-order valence-corrected chi connectivity index (χ1v) is 22.1. The third-order valence-electron chi connectivity index (χ3n) is 14.8. The van der Waals surface area contributed by atoms with Gasteiger partial charge in [0.25, 0.3) is 0 Å². The monoisotopic (exact) mass is 797 g/mol. The lowest BCUT2D eigenvalue weighted by molar-refractivity contribution is 0.590. The fourth-order valence-corrected chi connectivity index (χ4v) is 11.5. The van der Waals surface area contributed by atoms with Gasteiger partial charge in [0, 0.05) is 66.6 Å². The molecule has 1 N–H and O–H groups in total. The van der Waals surface area contributed by atoms with Gasteiger partial charge in [0.2, 0.25) is 0 Å². The third-order valence-corrected chi connectivity index (χ3v) is 14.8. The lowest BCUT2D eigenvalue weighted by Gasteiger charge is -2.28. The number of benzene rings is 8. The average molecular weight is 798 g/mol. The predicted octanol–water partition coefficient (Wildman–Crippen LogP) is 14.0. The summed E-state index contributed by atoms with van der Waals surface area (Å²) in [5.74, 6) is 0. The van der Waals surface area contributed by atoms with Crippen molar-refractivity contribution < 1.29 is 4.42 Å². The van der Waals surface area contributed by atoms with Crippen LogP contribution in [0.25, 0.3) is 82.8 Å². The van der Waals surface area contributed by atoms with Gasteiger partial charge in [0.15, 0.2) is 7.28 Å². The summed E-state index contributed by atoms with van der Waals surface area (Å²) in [5, 5.41) is 8.75.